The normalized spacial score (nSPS) is 24.1. The van der Waals surface area contributed by atoms with Crippen molar-refractivity contribution >= 4 is 0 Å². The van der Waals surface area contributed by atoms with Gasteiger partial charge in [0.05, 0.1) is 5.69 Å². The van der Waals surface area contributed by atoms with E-state index in [2.05, 4.69) is 14.9 Å². The highest BCUT2D eigenvalue weighted by Gasteiger charge is 2.40. The Morgan fingerprint density at radius 3 is 3.00 bits per heavy atom. The molecule has 0 spiro atoms. The van der Waals surface area contributed by atoms with E-state index < -0.39 is 0 Å². The average molecular weight is 283 g/mol. The molecule has 0 aliphatic carbocycles. The molecule has 2 atom stereocenters. The minimum Gasteiger partial charge on any atom is -0.289 e. The molecule has 2 aromatic rings. The Bertz CT molecular complexity index is 685. The van der Waals surface area contributed by atoms with Gasteiger partial charge in [0.25, 0.3) is 0 Å². The van der Waals surface area contributed by atoms with E-state index in [-0.39, 0.29) is 5.82 Å². The molecule has 2 bridgehead atoms. The quantitative estimate of drug-likeness (QED) is 0.847. The lowest BCUT2D eigenvalue weighted by Crippen LogP contribution is -2.37. The third-order valence-electron chi connectivity index (χ3n) is 4.76. The van der Waals surface area contributed by atoms with Crippen molar-refractivity contribution in [2.45, 2.75) is 44.8 Å². The van der Waals surface area contributed by atoms with Crippen LogP contribution in [0.5, 0.6) is 0 Å². The highest BCUT2D eigenvalue weighted by Crippen LogP contribution is 2.43. The SMILES string of the molecule is Cc1ncc2c(n1)C[C@@H]1CC[C@@H]2N1Cc1ccccc1F. The largest absolute Gasteiger partial charge is 0.289 e. The van der Waals surface area contributed by atoms with Crippen molar-refractivity contribution in [2.24, 2.45) is 0 Å². The fourth-order valence-electron chi connectivity index (χ4n) is 3.74. The Balaban J connectivity index is 1.67. The predicted molar refractivity (Wildman–Crippen MR) is 78.2 cm³/mol. The van der Waals surface area contributed by atoms with E-state index in [1.807, 2.05) is 25.3 Å². The lowest BCUT2D eigenvalue weighted by atomic mass is 9.98. The van der Waals surface area contributed by atoms with Gasteiger partial charge in [-0.2, -0.15) is 0 Å². The number of fused-ring (bicyclic) bond motifs is 4. The number of halogens is 1. The molecule has 1 aromatic carbocycles. The van der Waals surface area contributed by atoms with Crippen LogP contribution in [0.4, 0.5) is 4.39 Å². The molecule has 1 fully saturated rings. The van der Waals surface area contributed by atoms with Crippen LogP contribution in [0.1, 0.15) is 41.5 Å². The van der Waals surface area contributed by atoms with Gasteiger partial charge in [-0.3, -0.25) is 4.90 Å². The summed E-state index contributed by atoms with van der Waals surface area (Å²) in [5.74, 6) is 0.735. The molecule has 0 saturated carbocycles. The molecule has 0 amide bonds. The zero-order chi connectivity index (χ0) is 14.4. The fraction of sp³-hybridized carbons (Fsp3) is 0.412. The van der Waals surface area contributed by atoms with E-state index in [1.54, 1.807) is 12.1 Å². The molecule has 0 N–H and O–H groups in total. The maximum Gasteiger partial charge on any atom is 0.127 e. The Morgan fingerprint density at radius 2 is 2.14 bits per heavy atom. The van der Waals surface area contributed by atoms with E-state index in [1.165, 1.54) is 11.3 Å². The number of rotatable bonds is 2. The van der Waals surface area contributed by atoms with Gasteiger partial charge in [-0.15, -0.1) is 0 Å². The van der Waals surface area contributed by atoms with Crippen molar-refractivity contribution in [3.05, 3.63) is 58.9 Å². The van der Waals surface area contributed by atoms with Gasteiger partial charge in [0.1, 0.15) is 11.6 Å². The molecule has 2 aliphatic heterocycles. The van der Waals surface area contributed by atoms with Gasteiger partial charge in [0.2, 0.25) is 0 Å². The van der Waals surface area contributed by atoms with Crippen LogP contribution in [-0.2, 0) is 13.0 Å². The van der Waals surface area contributed by atoms with Gasteiger partial charge in [-0.1, -0.05) is 18.2 Å². The number of aryl methyl sites for hydroxylation is 1. The van der Waals surface area contributed by atoms with Crippen molar-refractivity contribution in [3.63, 3.8) is 0 Å². The van der Waals surface area contributed by atoms with Crippen molar-refractivity contribution in [3.8, 4) is 0 Å². The molecule has 4 heteroatoms. The van der Waals surface area contributed by atoms with Gasteiger partial charge >= 0.3 is 0 Å². The molecule has 3 nitrogen and oxygen atoms in total. The lowest BCUT2D eigenvalue weighted by molar-refractivity contribution is 0.164. The maximum absolute atomic E-state index is 13.9. The molecular formula is C17H18FN3. The van der Waals surface area contributed by atoms with Crippen LogP contribution in [-0.4, -0.2) is 20.9 Å². The van der Waals surface area contributed by atoms with Crippen molar-refractivity contribution < 1.29 is 4.39 Å². The van der Waals surface area contributed by atoms with Crippen LogP contribution in [0.15, 0.2) is 30.5 Å². The number of benzene rings is 1. The molecule has 2 aliphatic rings. The number of aromatic nitrogens is 2. The van der Waals surface area contributed by atoms with Crippen LogP contribution in [0.3, 0.4) is 0 Å². The highest BCUT2D eigenvalue weighted by molar-refractivity contribution is 5.29. The van der Waals surface area contributed by atoms with Crippen LogP contribution < -0.4 is 0 Å². The van der Waals surface area contributed by atoms with E-state index in [4.69, 9.17) is 0 Å². The molecular weight excluding hydrogens is 265 g/mol. The third kappa shape index (κ3) is 2.14. The number of hydrogen-bond acceptors (Lipinski definition) is 3. The van der Waals surface area contributed by atoms with E-state index in [0.29, 0.717) is 18.6 Å². The monoisotopic (exact) mass is 283 g/mol. The summed E-state index contributed by atoms with van der Waals surface area (Å²) in [6.07, 6.45) is 5.22. The summed E-state index contributed by atoms with van der Waals surface area (Å²) in [7, 11) is 0. The Kier molecular flexibility index (Phi) is 3.00. The number of nitrogens with zero attached hydrogens (tertiary/aromatic N) is 3. The molecule has 1 saturated heterocycles. The van der Waals surface area contributed by atoms with Crippen molar-refractivity contribution in [2.75, 3.05) is 0 Å². The van der Waals surface area contributed by atoms with Crippen molar-refractivity contribution in [1.29, 1.82) is 0 Å². The Hall–Kier alpha value is -1.81. The number of hydrogen-bond donors (Lipinski definition) is 0. The third-order valence-corrected chi connectivity index (χ3v) is 4.76. The Morgan fingerprint density at radius 1 is 1.29 bits per heavy atom. The fourth-order valence-corrected chi connectivity index (χ4v) is 3.74. The first-order valence-electron chi connectivity index (χ1n) is 7.54. The van der Waals surface area contributed by atoms with Gasteiger partial charge in [0.15, 0.2) is 0 Å². The van der Waals surface area contributed by atoms with Crippen LogP contribution in [0.2, 0.25) is 0 Å². The molecule has 108 valence electrons. The lowest BCUT2D eigenvalue weighted by Gasteiger charge is -2.35. The van der Waals surface area contributed by atoms with Crippen LogP contribution in [0, 0.1) is 12.7 Å². The Labute approximate surface area is 123 Å². The molecule has 21 heavy (non-hydrogen) atoms. The summed E-state index contributed by atoms with van der Waals surface area (Å²) < 4.78 is 13.9. The summed E-state index contributed by atoms with van der Waals surface area (Å²) in [5, 5.41) is 0. The molecule has 3 heterocycles. The van der Waals surface area contributed by atoms with Gasteiger partial charge in [-0.05, 0) is 25.8 Å². The minimum atomic E-state index is -0.108. The maximum atomic E-state index is 13.9. The summed E-state index contributed by atoms with van der Waals surface area (Å²) in [6.45, 7) is 2.61. The second-order valence-corrected chi connectivity index (χ2v) is 6.03. The summed E-state index contributed by atoms with van der Waals surface area (Å²) in [4.78, 5) is 11.4. The molecule has 0 radical (unpaired) electrons. The predicted octanol–water partition coefficient (Wildman–Crippen LogP) is 3.19. The van der Waals surface area contributed by atoms with Crippen LogP contribution >= 0.6 is 0 Å². The standard InChI is InChI=1S/C17H18FN3/c1-11-19-9-14-16(20-11)8-13-6-7-17(14)21(13)10-12-4-2-3-5-15(12)18/h2-5,9,13,17H,6-8,10H2,1H3/t13-,17-/m0/s1. The van der Waals surface area contributed by atoms with Gasteiger partial charge in [-0.25, -0.2) is 14.4 Å². The summed E-state index contributed by atoms with van der Waals surface area (Å²) in [5.41, 5.74) is 3.22. The van der Waals surface area contributed by atoms with Crippen molar-refractivity contribution in [1.82, 2.24) is 14.9 Å². The zero-order valence-electron chi connectivity index (χ0n) is 12.1. The molecule has 1 aromatic heterocycles. The minimum absolute atomic E-state index is 0.108. The summed E-state index contributed by atoms with van der Waals surface area (Å²) in [6, 6.07) is 7.91. The summed E-state index contributed by atoms with van der Waals surface area (Å²) >= 11 is 0. The van der Waals surface area contributed by atoms with Gasteiger partial charge < -0.3 is 0 Å². The first-order valence-corrected chi connectivity index (χ1v) is 7.54. The van der Waals surface area contributed by atoms with E-state index in [0.717, 1.165) is 30.7 Å². The second kappa shape index (κ2) is 4.88. The molecule has 0 unspecified atom stereocenters. The zero-order valence-corrected chi connectivity index (χ0v) is 12.1. The van der Waals surface area contributed by atoms with E-state index in [9.17, 15) is 4.39 Å². The topological polar surface area (TPSA) is 29.0 Å². The average Bonchev–Trinajstić information content (AvgIpc) is 2.75. The van der Waals surface area contributed by atoms with Crippen LogP contribution in [0.25, 0.3) is 0 Å². The smallest absolute Gasteiger partial charge is 0.127 e. The molecule has 4 rings (SSSR count). The first-order chi connectivity index (χ1) is 10.2. The highest BCUT2D eigenvalue weighted by atomic mass is 19.1. The van der Waals surface area contributed by atoms with Gasteiger partial charge in [0, 0.05) is 42.4 Å². The van der Waals surface area contributed by atoms with E-state index >= 15 is 0 Å². The second-order valence-electron chi connectivity index (χ2n) is 6.03. The first kappa shape index (κ1) is 12.9.